The van der Waals surface area contributed by atoms with Crippen LogP contribution in [0.1, 0.15) is 32.0 Å². The summed E-state index contributed by atoms with van der Waals surface area (Å²) < 4.78 is 0.989. The lowest BCUT2D eigenvalue weighted by atomic mass is 9.91. The van der Waals surface area contributed by atoms with Crippen molar-refractivity contribution >= 4 is 15.9 Å². The van der Waals surface area contributed by atoms with Crippen LogP contribution >= 0.6 is 15.9 Å². The Balaban J connectivity index is 3.14. The van der Waals surface area contributed by atoms with Crippen molar-refractivity contribution < 1.29 is 0 Å². The number of rotatable bonds is 1. The van der Waals surface area contributed by atoms with E-state index < -0.39 is 0 Å². The molecule has 0 saturated carbocycles. The van der Waals surface area contributed by atoms with Crippen LogP contribution in [0.25, 0.3) is 0 Å². The van der Waals surface area contributed by atoms with E-state index in [1.165, 1.54) is 0 Å². The molecular formula is C10H15BrN2. The van der Waals surface area contributed by atoms with Crippen molar-refractivity contribution in [1.82, 2.24) is 4.98 Å². The summed E-state index contributed by atoms with van der Waals surface area (Å²) in [5, 5.41) is 0. The topological polar surface area (TPSA) is 38.9 Å². The van der Waals surface area contributed by atoms with E-state index in [4.69, 9.17) is 5.73 Å². The number of hydrogen-bond donors (Lipinski definition) is 1. The van der Waals surface area contributed by atoms with Gasteiger partial charge in [-0.25, -0.2) is 0 Å². The molecule has 72 valence electrons. The van der Waals surface area contributed by atoms with Crippen molar-refractivity contribution in [2.75, 3.05) is 0 Å². The molecule has 0 saturated heterocycles. The van der Waals surface area contributed by atoms with Gasteiger partial charge in [0.05, 0.1) is 0 Å². The number of pyridine rings is 1. The first-order valence-corrected chi connectivity index (χ1v) is 5.09. The maximum Gasteiger partial charge on any atom is 0.0461 e. The average molecular weight is 243 g/mol. The third-order valence-electron chi connectivity index (χ3n) is 1.92. The number of halogens is 1. The first-order valence-electron chi connectivity index (χ1n) is 4.30. The van der Waals surface area contributed by atoms with Gasteiger partial charge >= 0.3 is 0 Å². The van der Waals surface area contributed by atoms with Gasteiger partial charge < -0.3 is 5.73 Å². The van der Waals surface area contributed by atoms with Gasteiger partial charge in [-0.15, -0.1) is 0 Å². The van der Waals surface area contributed by atoms with Crippen LogP contribution in [0.15, 0.2) is 16.7 Å². The van der Waals surface area contributed by atoms with Crippen molar-refractivity contribution in [2.24, 2.45) is 5.73 Å². The van der Waals surface area contributed by atoms with E-state index in [1.807, 2.05) is 6.20 Å². The van der Waals surface area contributed by atoms with E-state index in [1.54, 1.807) is 0 Å². The Morgan fingerprint density at radius 3 is 2.54 bits per heavy atom. The maximum atomic E-state index is 5.61. The summed E-state index contributed by atoms with van der Waals surface area (Å²) in [6.45, 7) is 6.97. The van der Waals surface area contributed by atoms with E-state index in [0.717, 1.165) is 15.7 Å². The Morgan fingerprint density at radius 2 is 2.08 bits per heavy atom. The van der Waals surface area contributed by atoms with Gasteiger partial charge in [-0.05, 0) is 27.6 Å². The normalized spacial score (nSPS) is 11.8. The molecule has 0 aliphatic carbocycles. The Labute approximate surface area is 87.7 Å². The monoisotopic (exact) mass is 242 g/mol. The number of hydrogen-bond acceptors (Lipinski definition) is 2. The van der Waals surface area contributed by atoms with Crippen LogP contribution in [0.3, 0.4) is 0 Å². The van der Waals surface area contributed by atoms with Crippen LogP contribution < -0.4 is 5.73 Å². The Morgan fingerprint density at radius 1 is 1.46 bits per heavy atom. The molecule has 2 nitrogen and oxygen atoms in total. The zero-order valence-electron chi connectivity index (χ0n) is 8.26. The highest BCUT2D eigenvalue weighted by molar-refractivity contribution is 9.10. The first-order chi connectivity index (χ1) is 5.95. The highest BCUT2D eigenvalue weighted by Gasteiger charge is 2.16. The van der Waals surface area contributed by atoms with E-state index in [-0.39, 0.29) is 5.41 Å². The quantitative estimate of drug-likeness (QED) is 0.823. The fourth-order valence-electron chi connectivity index (χ4n) is 1.05. The van der Waals surface area contributed by atoms with E-state index in [0.29, 0.717) is 6.54 Å². The molecule has 1 aromatic heterocycles. The minimum absolute atomic E-state index is 0.0879. The Hall–Kier alpha value is -0.410. The molecule has 0 fully saturated rings. The lowest BCUT2D eigenvalue weighted by Crippen LogP contribution is -2.14. The average Bonchev–Trinajstić information content (AvgIpc) is 2.03. The third-order valence-corrected chi connectivity index (χ3v) is 2.64. The predicted octanol–water partition coefficient (Wildman–Crippen LogP) is 2.60. The molecule has 1 rings (SSSR count). The molecular weight excluding hydrogens is 228 g/mol. The summed E-state index contributed by atoms with van der Waals surface area (Å²) >= 11 is 3.41. The minimum Gasteiger partial charge on any atom is -0.326 e. The summed E-state index contributed by atoms with van der Waals surface area (Å²) in [5.41, 5.74) is 7.88. The van der Waals surface area contributed by atoms with Gasteiger partial charge in [0, 0.05) is 28.3 Å². The van der Waals surface area contributed by atoms with Crippen molar-refractivity contribution in [3.63, 3.8) is 0 Å². The molecule has 0 unspecified atom stereocenters. The minimum atomic E-state index is 0.0879. The number of aromatic nitrogens is 1. The predicted molar refractivity (Wildman–Crippen MR) is 58.5 cm³/mol. The molecule has 13 heavy (non-hydrogen) atoms. The van der Waals surface area contributed by atoms with E-state index >= 15 is 0 Å². The SMILES string of the molecule is CC(C)(C)c1cc(CN)c(Br)cn1. The number of nitrogens with zero attached hydrogens (tertiary/aromatic N) is 1. The molecule has 0 aliphatic rings. The smallest absolute Gasteiger partial charge is 0.0461 e. The molecule has 0 atom stereocenters. The van der Waals surface area contributed by atoms with Gasteiger partial charge in [-0.3, -0.25) is 4.98 Å². The molecule has 0 spiro atoms. The standard InChI is InChI=1S/C10H15BrN2/c1-10(2,3)9-4-7(5-12)8(11)6-13-9/h4,6H,5,12H2,1-3H3. The second-order valence-electron chi connectivity index (χ2n) is 4.12. The van der Waals surface area contributed by atoms with Crippen molar-refractivity contribution in [3.8, 4) is 0 Å². The molecule has 3 heteroatoms. The van der Waals surface area contributed by atoms with Crippen molar-refractivity contribution in [2.45, 2.75) is 32.7 Å². The van der Waals surface area contributed by atoms with Crippen molar-refractivity contribution in [3.05, 3.63) is 28.0 Å². The summed E-state index contributed by atoms with van der Waals surface area (Å²) in [5.74, 6) is 0. The van der Waals surface area contributed by atoms with E-state index in [2.05, 4.69) is 47.8 Å². The summed E-state index contributed by atoms with van der Waals surface area (Å²) in [6.07, 6.45) is 1.82. The van der Waals surface area contributed by atoms with Crippen LogP contribution in [0, 0.1) is 0 Å². The van der Waals surface area contributed by atoms with Gasteiger partial charge in [0.2, 0.25) is 0 Å². The Kier molecular flexibility index (Phi) is 3.09. The zero-order valence-corrected chi connectivity index (χ0v) is 9.85. The molecule has 0 amide bonds. The summed E-state index contributed by atoms with van der Waals surface area (Å²) in [7, 11) is 0. The van der Waals surface area contributed by atoms with Crippen LogP contribution in [-0.2, 0) is 12.0 Å². The fourth-order valence-corrected chi connectivity index (χ4v) is 1.43. The second kappa shape index (κ2) is 3.76. The van der Waals surface area contributed by atoms with Gasteiger partial charge in [0.25, 0.3) is 0 Å². The fraction of sp³-hybridized carbons (Fsp3) is 0.500. The molecule has 0 bridgehead atoms. The first kappa shape index (κ1) is 10.7. The maximum absolute atomic E-state index is 5.61. The molecule has 0 aliphatic heterocycles. The van der Waals surface area contributed by atoms with Crippen LogP contribution in [0.2, 0.25) is 0 Å². The zero-order chi connectivity index (χ0) is 10.1. The summed E-state index contributed by atoms with van der Waals surface area (Å²) in [4.78, 5) is 4.36. The lowest BCUT2D eigenvalue weighted by molar-refractivity contribution is 0.567. The van der Waals surface area contributed by atoms with Gasteiger partial charge in [0.1, 0.15) is 0 Å². The molecule has 1 heterocycles. The Bertz CT molecular complexity index is 302. The molecule has 1 aromatic rings. The van der Waals surface area contributed by atoms with Gasteiger partial charge in [-0.2, -0.15) is 0 Å². The highest BCUT2D eigenvalue weighted by Crippen LogP contribution is 2.24. The van der Waals surface area contributed by atoms with Gasteiger partial charge in [-0.1, -0.05) is 20.8 Å². The number of nitrogens with two attached hydrogens (primary N) is 1. The van der Waals surface area contributed by atoms with Gasteiger partial charge in [0.15, 0.2) is 0 Å². The molecule has 0 radical (unpaired) electrons. The second-order valence-corrected chi connectivity index (χ2v) is 4.97. The van der Waals surface area contributed by atoms with Crippen molar-refractivity contribution in [1.29, 1.82) is 0 Å². The largest absolute Gasteiger partial charge is 0.326 e. The van der Waals surface area contributed by atoms with Crippen LogP contribution in [0.4, 0.5) is 0 Å². The molecule has 0 aromatic carbocycles. The summed E-state index contributed by atoms with van der Waals surface area (Å²) in [6, 6.07) is 2.06. The van der Waals surface area contributed by atoms with Crippen LogP contribution in [-0.4, -0.2) is 4.98 Å². The third kappa shape index (κ3) is 2.51. The van der Waals surface area contributed by atoms with E-state index in [9.17, 15) is 0 Å². The highest BCUT2D eigenvalue weighted by atomic mass is 79.9. The lowest BCUT2D eigenvalue weighted by Gasteiger charge is -2.18. The molecule has 2 N–H and O–H groups in total. The van der Waals surface area contributed by atoms with Crippen LogP contribution in [0.5, 0.6) is 0 Å².